The van der Waals surface area contributed by atoms with Gasteiger partial charge in [-0.05, 0) is 79.7 Å². The third-order valence-corrected chi connectivity index (χ3v) is 9.90. The van der Waals surface area contributed by atoms with Crippen molar-refractivity contribution in [2.24, 2.45) is 17.8 Å². The van der Waals surface area contributed by atoms with Crippen LogP contribution in [0.4, 0.5) is 5.69 Å². The predicted molar refractivity (Wildman–Crippen MR) is 124 cm³/mol. The molecule has 2 aliphatic carbocycles. The number of nitrogens with one attached hydrogen (secondary N) is 2. The fourth-order valence-corrected chi connectivity index (χ4v) is 7.82. The Balaban J connectivity index is 1.28. The molecule has 162 valence electrons. The summed E-state index contributed by atoms with van der Waals surface area (Å²) in [6.45, 7) is 1.99. The first-order chi connectivity index (χ1) is 14.4. The molecule has 5 nitrogen and oxygen atoms in total. The first-order valence-corrected chi connectivity index (χ1v) is 13.9. The molecular weight excluding hydrogens is 436 g/mol. The number of carbonyl (C=O) groups excluding carboxylic acids is 1. The summed E-state index contributed by atoms with van der Waals surface area (Å²) < 4.78 is 28.5. The fourth-order valence-electron chi connectivity index (χ4n) is 4.86. The van der Waals surface area contributed by atoms with Gasteiger partial charge in [-0.15, -0.1) is 23.1 Å². The van der Waals surface area contributed by atoms with Crippen molar-refractivity contribution in [2.45, 2.75) is 49.3 Å². The van der Waals surface area contributed by atoms with Crippen molar-refractivity contribution in [3.8, 4) is 0 Å². The molecule has 4 rings (SSSR count). The van der Waals surface area contributed by atoms with E-state index in [2.05, 4.69) is 16.1 Å². The topological polar surface area (TPSA) is 75.3 Å². The van der Waals surface area contributed by atoms with Crippen molar-refractivity contribution >= 4 is 44.7 Å². The van der Waals surface area contributed by atoms with Crippen LogP contribution in [-0.4, -0.2) is 26.1 Å². The summed E-state index contributed by atoms with van der Waals surface area (Å²) in [5.74, 6) is 3.00. The molecule has 0 radical (unpaired) electrons. The minimum atomic E-state index is -3.56. The van der Waals surface area contributed by atoms with E-state index in [-0.39, 0.29) is 16.8 Å². The van der Waals surface area contributed by atoms with E-state index in [4.69, 9.17) is 0 Å². The summed E-state index contributed by atoms with van der Waals surface area (Å²) in [5.41, 5.74) is 0.608. The van der Waals surface area contributed by atoms with Gasteiger partial charge in [-0.2, -0.15) is 0 Å². The molecule has 4 atom stereocenters. The molecule has 2 aliphatic rings. The monoisotopic (exact) mass is 464 g/mol. The second-order valence-electron chi connectivity index (χ2n) is 8.39. The Kier molecular flexibility index (Phi) is 6.87. The number of rotatable bonds is 9. The van der Waals surface area contributed by atoms with E-state index < -0.39 is 10.0 Å². The molecular formula is C22H28N2O3S3. The number of hydrogen-bond donors (Lipinski definition) is 2. The average Bonchev–Trinajstić information content (AvgIpc) is 3.46. The van der Waals surface area contributed by atoms with E-state index in [1.54, 1.807) is 47.4 Å². The Bertz CT molecular complexity index is 958. The van der Waals surface area contributed by atoms with E-state index in [1.807, 2.05) is 18.4 Å². The minimum absolute atomic E-state index is 0.0509. The van der Waals surface area contributed by atoms with Gasteiger partial charge in [0.15, 0.2) is 0 Å². The van der Waals surface area contributed by atoms with Crippen LogP contribution in [0, 0.1) is 17.8 Å². The zero-order valence-electron chi connectivity index (χ0n) is 17.0. The van der Waals surface area contributed by atoms with E-state index in [0.717, 1.165) is 18.1 Å². The molecule has 0 saturated heterocycles. The van der Waals surface area contributed by atoms with Crippen molar-refractivity contribution in [1.82, 2.24) is 4.72 Å². The molecule has 2 fully saturated rings. The van der Waals surface area contributed by atoms with Crippen LogP contribution in [-0.2, 0) is 20.6 Å². The number of amides is 1. The summed E-state index contributed by atoms with van der Waals surface area (Å²) in [5, 5.41) is 4.86. The summed E-state index contributed by atoms with van der Waals surface area (Å²) >= 11 is 3.24. The van der Waals surface area contributed by atoms with Crippen molar-refractivity contribution in [1.29, 1.82) is 0 Å². The largest absolute Gasteiger partial charge is 0.325 e. The van der Waals surface area contributed by atoms with Gasteiger partial charge < -0.3 is 5.32 Å². The first-order valence-electron chi connectivity index (χ1n) is 10.4. The maximum absolute atomic E-state index is 12.8. The van der Waals surface area contributed by atoms with Crippen molar-refractivity contribution in [3.63, 3.8) is 0 Å². The SMILES string of the molecule is CC(NS(=O)(=O)c1ccc(NC(=O)CSCc2cccs2)cc1)C1CC2CCC1C2. The summed E-state index contributed by atoms with van der Waals surface area (Å²) in [6, 6.07) is 10.4. The highest BCUT2D eigenvalue weighted by Gasteiger charge is 2.42. The van der Waals surface area contributed by atoms with Gasteiger partial charge >= 0.3 is 0 Å². The summed E-state index contributed by atoms with van der Waals surface area (Å²) in [7, 11) is -3.56. The molecule has 8 heteroatoms. The van der Waals surface area contributed by atoms with Gasteiger partial charge in [-0.3, -0.25) is 4.79 Å². The van der Waals surface area contributed by atoms with E-state index in [1.165, 1.54) is 24.1 Å². The average molecular weight is 465 g/mol. The number of thiophene rings is 1. The zero-order valence-corrected chi connectivity index (χ0v) is 19.5. The maximum Gasteiger partial charge on any atom is 0.240 e. The fraction of sp³-hybridized carbons (Fsp3) is 0.500. The molecule has 1 aromatic carbocycles. The van der Waals surface area contributed by atoms with Gasteiger partial charge in [0.2, 0.25) is 15.9 Å². The highest BCUT2D eigenvalue weighted by molar-refractivity contribution is 7.99. The highest BCUT2D eigenvalue weighted by atomic mass is 32.2. The summed E-state index contributed by atoms with van der Waals surface area (Å²) in [6.07, 6.45) is 4.95. The van der Waals surface area contributed by atoms with Crippen molar-refractivity contribution in [3.05, 3.63) is 46.7 Å². The number of carbonyl (C=O) groups is 1. The van der Waals surface area contributed by atoms with Crippen LogP contribution in [0.15, 0.2) is 46.7 Å². The molecule has 1 aromatic heterocycles. The Morgan fingerprint density at radius 2 is 2.00 bits per heavy atom. The molecule has 4 unspecified atom stereocenters. The zero-order chi connectivity index (χ0) is 21.1. The van der Waals surface area contributed by atoms with Gasteiger partial charge in [0.25, 0.3) is 0 Å². The molecule has 30 heavy (non-hydrogen) atoms. The van der Waals surface area contributed by atoms with Crippen LogP contribution in [0.2, 0.25) is 0 Å². The van der Waals surface area contributed by atoms with Gasteiger partial charge in [0.1, 0.15) is 0 Å². The molecule has 0 spiro atoms. The number of hydrogen-bond acceptors (Lipinski definition) is 5. The normalized spacial score (nSPS) is 24.1. The van der Waals surface area contributed by atoms with Crippen LogP contribution in [0.3, 0.4) is 0 Å². The molecule has 2 bridgehead atoms. The van der Waals surface area contributed by atoms with Gasteiger partial charge in [0, 0.05) is 22.4 Å². The van der Waals surface area contributed by atoms with Crippen LogP contribution >= 0.6 is 23.1 Å². The third-order valence-electron chi connectivity index (χ3n) is 6.28. The van der Waals surface area contributed by atoms with E-state index in [0.29, 0.717) is 23.3 Å². The number of benzene rings is 1. The first kappa shape index (κ1) is 21.9. The van der Waals surface area contributed by atoms with E-state index in [9.17, 15) is 13.2 Å². The lowest BCUT2D eigenvalue weighted by Gasteiger charge is -2.28. The van der Waals surface area contributed by atoms with Crippen LogP contribution in [0.25, 0.3) is 0 Å². The quantitative estimate of drug-likeness (QED) is 0.563. The Labute approximate surface area is 187 Å². The second kappa shape index (κ2) is 9.42. The molecule has 2 aromatic rings. The molecule has 1 amide bonds. The maximum atomic E-state index is 12.8. The molecule has 0 aliphatic heterocycles. The Morgan fingerprint density at radius 1 is 1.20 bits per heavy atom. The molecule has 2 N–H and O–H groups in total. The molecule has 2 saturated carbocycles. The smallest absolute Gasteiger partial charge is 0.240 e. The lowest BCUT2D eigenvalue weighted by molar-refractivity contribution is -0.113. The standard InChI is InChI=1S/C22H28N2O3S3/c1-15(21-12-16-4-5-17(21)11-16)24-30(26,27)20-8-6-18(7-9-20)23-22(25)14-28-13-19-3-2-10-29-19/h2-3,6-10,15-17,21,24H,4-5,11-14H2,1H3,(H,23,25). The lowest BCUT2D eigenvalue weighted by atomic mass is 9.84. The number of thioether (sulfide) groups is 1. The number of fused-ring (bicyclic) bond motifs is 2. The number of anilines is 1. The van der Waals surface area contributed by atoms with Crippen LogP contribution in [0.5, 0.6) is 0 Å². The second-order valence-corrected chi connectivity index (χ2v) is 12.1. The molecule has 1 heterocycles. The van der Waals surface area contributed by atoms with Crippen LogP contribution < -0.4 is 10.0 Å². The Hall–Kier alpha value is -1.35. The highest BCUT2D eigenvalue weighted by Crippen LogP contribution is 2.49. The van der Waals surface area contributed by atoms with Crippen molar-refractivity contribution < 1.29 is 13.2 Å². The van der Waals surface area contributed by atoms with Crippen LogP contribution in [0.1, 0.15) is 37.5 Å². The van der Waals surface area contributed by atoms with Gasteiger partial charge in [-0.25, -0.2) is 13.1 Å². The number of sulfonamides is 1. The van der Waals surface area contributed by atoms with Gasteiger partial charge in [0.05, 0.1) is 10.6 Å². The predicted octanol–water partition coefficient (Wildman–Crippen LogP) is 4.72. The summed E-state index contributed by atoms with van der Waals surface area (Å²) in [4.78, 5) is 13.6. The van der Waals surface area contributed by atoms with Crippen molar-refractivity contribution in [2.75, 3.05) is 11.1 Å². The minimum Gasteiger partial charge on any atom is -0.325 e. The van der Waals surface area contributed by atoms with E-state index >= 15 is 0 Å². The third kappa shape index (κ3) is 5.28. The lowest BCUT2D eigenvalue weighted by Crippen LogP contribution is -2.40. The van der Waals surface area contributed by atoms with Gasteiger partial charge in [-0.1, -0.05) is 12.5 Å². The Morgan fingerprint density at radius 3 is 2.63 bits per heavy atom.